The van der Waals surface area contributed by atoms with Crippen LogP contribution in [0.3, 0.4) is 0 Å². The van der Waals surface area contributed by atoms with Crippen molar-refractivity contribution in [2.75, 3.05) is 31.0 Å². The van der Waals surface area contributed by atoms with Gasteiger partial charge in [0.15, 0.2) is 0 Å². The summed E-state index contributed by atoms with van der Waals surface area (Å²) in [4.78, 5) is 12.4. The molecule has 0 fully saturated rings. The number of nitrogens with one attached hydrogen (secondary N) is 2. The fraction of sp³-hybridized carbons (Fsp3) is 0.350. The van der Waals surface area contributed by atoms with Gasteiger partial charge in [-0.3, -0.25) is 9.10 Å². The van der Waals surface area contributed by atoms with E-state index in [1.807, 2.05) is 6.92 Å². The number of rotatable bonds is 9. The Bertz CT molecular complexity index is 853. The summed E-state index contributed by atoms with van der Waals surface area (Å²) in [6.45, 7) is 6.18. The van der Waals surface area contributed by atoms with E-state index in [2.05, 4.69) is 17.6 Å². The van der Waals surface area contributed by atoms with E-state index in [9.17, 15) is 13.2 Å². The van der Waals surface area contributed by atoms with E-state index in [1.54, 1.807) is 48.5 Å². The fourth-order valence-electron chi connectivity index (χ4n) is 2.50. The Hall–Kier alpha value is -2.09. The Labute approximate surface area is 173 Å². The van der Waals surface area contributed by atoms with Crippen molar-refractivity contribution in [3.63, 3.8) is 0 Å². The molecule has 28 heavy (non-hydrogen) atoms. The summed E-state index contributed by atoms with van der Waals surface area (Å²) >= 11 is 0. The van der Waals surface area contributed by atoms with Gasteiger partial charge in [-0.2, -0.15) is 0 Å². The van der Waals surface area contributed by atoms with E-state index in [0.717, 1.165) is 25.1 Å². The molecule has 0 atom stereocenters. The standard InChI is InChI=1S/C20H27N3O3S.ClH/c1-4-13-21-14-15-22-20(24)17-7-9-18(10-8-17)23(3)27(25,26)19-11-5-16(2)6-12-19;/h5-12,21H,4,13-15H2,1-3H3,(H,22,24);1H. The molecule has 154 valence electrons. The van der Waals surface area contributed by atoms with Gasteiger partial charge in [0.25, 0.3) is 15.9 Å². The van der Waals surface area contributed by atoms with Crippen LogP contribution in [0.5, 0.6) is 0 Å². The van der Waals surface area contributed by atoms with Crippen molar-refractivity contribution in [3.8, 4) is 0 Å². The van der Waals surface area contributed by atoms with Crippen LogP contribution < -0.4 is 14.9 Å². The lowest BCUT2D eigenvalue weighted by atomic mass is 10.2. The van der Waals surface area contributed by atoms with Crippen LogP contribution >= 0.6 is 12.4 Å². The van der Waals surface area contributed by atoms with Gasteiger partial charge in [-0.15, -0.1) is 12.4 Å². The molecule has 0 bridgehead atoms. The Morgan fingerprint density at radius 1 is 0.964 bits per heavy atom. The number of hydrogen-bond acceptors (Lipinski definition) is 4. The topological polar surface area (TPSA) is 78.5 Å². The number of carbonyl (C=O) groups excluding carboxylic acids is 1. The van der Waals surface area contributed by atoms with E-state index >= 15 is 0 Å². The minimum atomic E-state index is -3.64. The van der Waals surface area contributed by atoms with Crippen molar-refractivity contribution in [2.45, 2.75) is 25.2 Å². The van der Waals surface area contributed by atoms with Gasteiger partial charge in [-0.1, -0.05) is 24.6 Å². The molecule has 1 amide bonds. The summed E-state index contributed by atoms with van der Waals surface area (Å²) in [5, 5.41) is 6.05. The Balaban J connectivity index is 0.00000392. The highest BCUT2D eigenvalue weighted by molar-refractivity contribution is 7.92. The highest BCUT2D eigenvalue weighted by Crippen LogP contribution is 2.22. The average Bonchev–Trinajstić information content (AvgIpc) is 2.67. The molecular weight excluding hydrogens is 398 g/mol. The van der Waals surface area contributed by atoms with Crippen molar-refractivity contribution < 1.29 is 13.2 Å². The molecule has 6 nitrogen and oxygen atoms in total. The van der Waals surface area contributed by atoms with Gasteiger partial charge < -0.3 is 10.6 Å². The minimum absolute atomic E-state index is 0. The van der Waals surface area contributed by atoms with Gasteiger partial charge in [-0.05, 0) is 56.3 Å². The number of halogens is 1. The summed E-state index contributed by atoms with van der Waals surface area (Å²) in [7, 11) is -2.14. The van der Waals surface area contributed by atoms with Crippen molar-refractivity contribution in [3.05, 3.63) is 59.7 Å². The lowest BCUT2D eigenvalue weighted by molar-refractivity contribution is 0.0954. The molecule has 2 rings (SSSR count). The summed E-state index contributed by atoms with van der Waals surface area (Å²) in [6.07, 6.45) is 1.05. The van der Waals surface area contributed by atoms with E-state index in [4.69, 9.17) is 0 Å². The number of benzene rings is 2. The number of nitrogens with zero attached hydrogens (tertiary/aromatic N) is 1. The first kappa shape index (κ1) is 23.9. The first-order chi connectivity index (χ1) is 12.9. The van der Waals surface area contributed by atoms with Crippen LogP contribution in [0.25, 0.3) is 0 Å². The lowest BCUT2D eigenvalue weighted by Crippen LogP contribution is -2.32. The minimum Gasteiger partial charge on any atom is -0.351 e. The number of sulfonamides is 1. The average molecular weight is 426 g/mol. The van der Waals surface area contributed by atoms with Gasteiger partial charge in [0, 0.05) is 25.7 Å². The summed E-state index contributed by atoms with van der Waals surface area (Å²) < 4.78 is 26.7. The predicted octanol–water partition coefficient (Wildman–Crippen LogP) is 2.97. The number of anilines is 1. The summed E-state index contributed by atoms with van der Waals surface area (Å²) in [5.41, 5.74) is 1.99. The molecule has 2 aromatic carbocycles. The molecule has 2 N–H and O–H groups in total. The van der Waals surface area contributed by atoms with Gasteiger partial charge in [0.2, 0.25) is 0 Å². The molecule has 8 heteroatoms. The second-order valence-electron chi connectivity index (χ2n) is 6.34. The third-order valence-corrected chi connectivity index (χ3v) is 5.99. The van der Waals surface area contributed by atoms with E-state index in [0.29, 0.717) is 17.8 Å². The number of amides is 1. The van der Waals surface area contributed by atoms with Crippen LogP contribution in [0.2, 0.25) is 0 Å². The molecule has 0 spiro atoms. The third kappa shape index (κ3) is 6.22. The molecule has 2 aromatic rings. The maximum Gasteiger partial charge on any atom is 0.264 e. The largest absolute Gasteiger partial charge is 0.351 e. The molecule has 0 saturated carbocycles. The Morgan fingerprint density at radius 2 is 1.57 bits per heavy atom. The first-order valence-corrected chi connectivity index (χ1v) is 10.4. The second kappa shape index (κ2) is 11.0. The smallest absolute Gasteiger partial charge is 0.264 e. The molecular formula is C20H28ClN3O3S. The van der Waals surface area contributed by atoms with Gasteiger partial charge in [0.05, 0.1) is 10.6 Å². The highest BCUT2D eigenvalue weighted by Gasteiger charge is 2.21. The zero-order chi connectivity index (χ0) is 19.9. The van der Waals surface area contributed by atoms with Crippen molar-refractivity contribution >= 4 is 34.0 Å². The monoisotopic (exact) mass is 425 g/mol. The summed E-state index contributed by atoms with van der Waals surface area (Å²) in [6, 6.07) is 13.3. The number of carbonyl (C=O) groups is 1. The zero-order valence-corrected chi connectivity index (χ0v) is 18.1. The van der Waals surface area contributed by atoms with Crippen LogP contribution in [0.15, 0.2) is 53.4 Å². The number of aryl methyl sites for hydroxylation is 1. The maximum atomic E-state index is 12.7. The summed E-state index contributed by atoms with van der Waals surface area (Å²) in [5.74, 6) is -0.177. The van der Waals surface area contributed by atoms with Crippen molar-refractivity contribution in [1.29, 1.82) is 0 Å². The zero-order valence-electron chi connectivity index (χ0n) is 16.4. The van der Waals surface area contributed by atoms with Crippen LogP contribution in [0, 0.1) is 6.92 Å². The van der Waals surface area contributed by atoms with Crippen molar-refractivity contribution in [2.24, 2.45) is 0 Å². The molecule has 0 aliphatic carbocycles. The fourth-order valence-corrected chi connectivity index (χ4v) is 3.69. The van der Waals surface area contributed by atoms with Gasteiger partial charge in [0.1, 0.15) is 0 Å². The van der Waals surface area contributed by atoms with Gasteiger partial charge >= 0.3 is 0 Å². The van der Waals surface area contributed by atoms with Crippen LogP contribution in [-0.4, -0.2) is 41.0 Å². The molecule has 0 aliphatic heterocycles. The molecule has 0 radical (unpaired) electrons. The Kier molecular flexibility index (Phi) is 9.45. The third-order valence-electron chi connectivity index (χ3n) is 4.19. The molecule has 0 heterocycles. The van der Waals surface area contributed by atoms with Crippen molar-refractivity contribution in [1.82, 2.24) is 10.6 Å². The lowest BCUT2D eigenvalue weighted by Gasteiger charge is -2.20. The first-order valence-electron chi connectivity index (χ1n) is 9.01. The predicted molar refractivity (Wildman–Crippen MR) is 116 cm³/mol. The molecule has 0 unspecified atom stereocenters. The second-order valence-corrected chi connectivity index (χ2v) is 8.31. The van der Waals surface area contributed by atoms with Crippen LogP contribution in [0.4, 0.5) is 5.69 Å². The molecule has 0 aromatic heterocycles. The van der Waals surface area contributed by atoms with E-state index in [-0.39, 0.29) is 23.2 Å². The normalized spacial score (nSPS) is 10.8. The number of hydrogen-bond donors (Lipinski definition) is 2. The highest BCUT2D eigenvalue weighted by atomic mass is 35.5. The quantitative estimate of drug-likeness (QED) is 0.605. The van der Waals surface area contributed by atoms with Gasteiger partial charge in [-0.25, -0.2) is 8.42 Å². The van der Waals surface area contributed by atoms with E-state index < -0.39 is 10.0 Å². The SMILES string of the molecule is CCCNCCNC(=O)c1ccc(N(C)S(=O)(=O)c2ccc(C)cc2)cc1.Cl. The molecule has 0 aliphatic rings. The van der Waals surface area contributed by atoms with Crippen LogP contribution in [0.1, 0.15) is 29.3 Å². The molecule has 0 saturated heterocycles. The van der Waals surface area contributed by atoms with E-state index in [1.165, 1.54) is 11.4 Å². The Morgan fingerprint density at radius 3 is 2.14 bits per heavy atom. The maximum absolute atomic E-state index is 12.7. The van der Waals surface area contributed by atoms with Crippen LogP contribution in [-0.2, 0) is 10.0 Å².